The summed E-state index contributed by atoms with van der Waals surface area (Å²) in [7, 11) is 1.73. The van der Waals surface area contributed by atoms with Gasteiger partial charge in [-0.2, -0.15) is 0 Å². The second-order valence-electron chi connectivity index (χ2n) is 10.2. The van der Waals surface area contributed by atoms with Crippen molar-refractivity contribution in [1.29, 1.82) is 0 Å². The molecule has 0 aliphatic carbocycles. The van der Waals surface area contributed by atoms with E-state index in [4.69, 9.17) is 4.74 Å². The van der Waals surface area contributed by atoms with Gasteiger partial charge in [0, 0.05) is 38.6 Å². The topological polar surface area (TPSA) is 53.6 Å². The van der Waals surface area contributed by atoms with Crippen LogP contribution in [0.2, 0.25) is 0 Å². The lowest BCUT2D eigenvalue weighted by atomic mass is 9.90. The smallest absolute Gasteiger partial charge is 0.237 e. The maximum Gasteiger partial charge on any atom is 0.237 e. The average Bonchev–Trinajstić information content (AvgIpc) is 3.42. The predicted molar refractivity (Wildman–Crippen MR) is 157 cm³/mol. The fraction of sp³-hybridized carbons (Fsp3) is 0.265. The highest BCUT2D eigenvalue weighted by Crippen LogP contribution is 2.29. The first-order chi connectivity index (χ1) is 19.2. The van der Waals surface area contributed by atoms with E-state index < -0.39 is 0 Å². The number of amides is 1. The van der Waals surface area contributed by atoms with E-state index in [1.54, 1.807) is 7.05 Å². The molecule has 0 radical (unpaired) electrons. The molecule has 1 aliphatic rings. The summed E-state index contributed by atoms with van der Waals surface area (Å²) in [5, 5.41) is 6.60. The molecule has 4 aromatic rings. The molecule has 4 aromatic carbocycles. The van der Waals surface area contributed by atoms with Crippen molar-refractivity contribution >= 4 is 5.91 Å². The summed E-state index contributed by atoms with van der Waals surface area (Å²) in [5.74, 6) is 1.14. The summed E-state index contributed by atoms with van der Waals surface area (Å²) in [6.07, 6.45) is 0.786. The number of benzene rings is 4. The minimum Gasteiger partial charge on any atom is -0.489 e. The van der Waals surface area contributed by atoms with Gasteiger partial charge in [-0.25, -0.2) is 0 Å². The maximum absolute atomic E-state index is 12.9. The third-order valence-electron chi connectivity index (χ3n) is 7.54. The third kappa shape index (κ3) is 7.14. The van der Waals surface area contributed by atoms with Gasteiger partial charge in [0.15, 0.2) is 0 Å². The van der Waals surface area contributed by atoms with Gasteiger partial charge in [-0.05, 0) is 40.8 Å². The Morgan fingerprint density at radius 1 is 0.821 bits per heavy atom. The van der Waals surface area contributed by atoms with Gasteiger partial charge >= 0.3 is 0 Å². The lowest BCUT2D eigenvalue weighted by Crippen LogP contribution is -2.43. The third-order valence-corrected chi connectivity index (χ3v) is 7.54. The normalized spacial score (nSPS) is 17.3. The van der Waals surface area contributed by atoms with Crippen LogP contribution in [-0.2, 0) is 17.9 Å². The average molecular weight is 520 g/mol. The molecule has 1 fully saturated rings. The Bertz CT molecular complexity index is 1260. The van der Waals surface area contributed by atoms with Crippen LogP contribution >= 0.6 is 0 Å². The van der Waals surface area contributed by atoms with Gasteiger partial charge in [-0.15, -0.1) is 0 Å². The van der Waals surface area contributed by atoms with Crippen molar-refractivity contribution in [3.63, 3.8) is 0 Å². The molecule has 0 saturated carbocycles. The van der Waals surface area contributed by atoms with E-state index in [0.717, 1.165) is 37.4 Å². The summed E-state index contributed by atoms with van der Waals surface area (Å²) in [6.45, 7) is 2.92. The van der Waals surface area contributed by atoms with Gasteiger partial charge in [-0.1, -0.05) is 103 Å². The fourth-order valence-corrected chi connectivity index (χ4v) is 5.41. The Balaban J connectivity index is 1.21. The number of hydrogen-bond acceptors (Lipinski definition) is 4. The maximum atomic E-state index is 12.9. The van der Waals surface area contributed by atoms with Crippen LogP contribution in [0.3, 0.4) is 0 Å². The van der Waals surface area contributed by atoms with Gasteiger partial charge in [0.05, 0.1) is 6.04 Å². The largest absolute Gasteiger partial charge is 0.489 e. The molecule has 1 aliphatic heterocycles. The van der Waals surface area contributed by atoms with E-state index in [9.17, 15) is 4.79 Å². The highest BCUT2D eigenvalue weighted by atomic mass is 16.5. The van der Waals surface area contributed by atoms with Crippen molar-refractivity contribution in [3.05, 3.63) is 138 Å². The molecular weight excluding hydrogens is 482 g/mol. The van der Waals surface area contributed by atoms with Crippen molar-refractivity contribution in [2.75, 3.05) is 20.1 Å². The fourth-order valence-electron chi connectivity index (χ4n) is 5.41. The van der Waals surface area contributed by atoms with E-state index in [0.29, 0.717) is 6.61 Å². The second kappa shape index (κ2) is 13.2. The van der Waals surface area contributed by atoms with E-state index >= 15 is 0 Å². The van der Waals surface area contributed by atoms with Crippen LogP contribution in [0.4, 0.5) is 0 Å². The van der Waals surface area contributed by atoms with E-state index in [1.165, 1.54) is 16.7 Å². The van der Waals surface area contributed by atoms with Gasteiger partial charge < -0.3 is 15.4 Å². The first kappa shape index (κ1) is 26.7. The molecular formula is C34H37N3O2. The minimum atomic E-state index is -0.156. The predicted octanol–water partition coefficient (Wildman–Crippen LogP) is 5.38. The first-order valence-electron chi connectivity index (χ1n) is 13.7. The quantitative estimate of drug-likeness (QED) is 0.280. The summed E-state index contributed by atoms with van der Waals surface area (Å²) in [6, 6.07) is 39.7. The van der Waals surface area contributed by atoms with Crippen molar-refractivity contribution < 1.29 is 9.53 Å². The summed E-state index contributed by atoms with van der Waals surface area (Å²) in [4.78, 5) is 15.3. The van der Waals surface area contributed by atoms with Gasteiger partial charge in [-0.3, -0.25) is 9.69 Å². The zero-order valence-electron chi connectivity index (χ0n) is 22.5. The van der Waals surface area contributed by atoms with Gasteiger partial charge in [0.1, 0.15) is 12.4 Å². The molecule has 1 heterocycles. The first-order valence-corrected chi connectivity index (χ1v) is 13.7. The molecule has 5 nitrogen and oxygen atoms in total. The number of nitrogens with one attached hydrogen (secondary N) is 2. The van der Waals surface area contributed by atoms with Crippen molar-refractivity contribution in [2.24, 2.45) is 0 Å². The molecule has 200 valence electrons. The van der Waals surface area contributed by atoms with Crippen molar-refractivity contribution in [3.8, 4) is 5.75 Å². The second-order valence-corrected chi connectivity index (χ2v) is 10.2. The van der Waals surface area contributed by atoms with Crippen molar-refractivity contribution in [1.82, 2.24) is 15.5 Å². The standard InChI is InChI=1S/C34H37N3O2/c1-35-34(38)33-21-30(36-22-26-17-19-31(20-18-26)39-25-27-11-5-2-6-12-27)23-37(33)24-32(28-13-7-3-8-14-28)29-15-9-4-10-16-29/h2-20,30,32-33,36H,21-25H2,1H3,(H,35,38)/t30-,33+/m1/s1. The van der Waals surface area contributed by atoms with Crippen LogP contribution in [0.15, 0.2) is 115 Å². The van der Waals surface area contributed by atoms with Crippen LogP contribution in [0.1, 0.15) is 34.6 Å². The SMILES string of the molecule is CNC(=O)[C@@H]1C[C@@H](NCc2ccc(OCc3ccccc3)cc2)CN1CC(c1ccccc1)c1ccccc1. The zero-order chi connectivity index (χ0) is 26.9. The van der Waals surface area contributed by atoms with Gasteiger partial charge in [0.2, 0.25) is 5.91 Å². The zero-order valence-corrected chi connectivity index (χ0v) is 22.5. The molecule has 0 unspecified atom stereocenters. The molecule has 39 heavy (non-hydrogen) atoms. The highest BCUT2D eigenvalue weighted by molar-refractivity contribution is 5.81. The highest BCUT2D eigenvalue weighted by Gasteiger charge is 2.37. The Kier molecular flexibility index (Phi) is 9.05. The number of nitrogens with zero attached hydrogens (tertiary/aromatic N) is 1. The molecule has 1 amide bonds. The molecule has 0 spiro atoms. The Hall–Kier alpha value is -3.93. The number of hydrogen-bond donors (Lipinski definition) is 2. The van der Waals surface area contributed by atoms with E-state index in [1.807, 2.05) is 30.3 Å². The lowest BCUT2D eigenvalue weighted by molar-refractivity contribution is -0.125. The van der Waals surface area contributed by atoms with E-state index in [2.05, 4.69) is 100 Å². The van der Waals surface area contributed by atoms with Crippen molar-refractivity contribution in [2.45, 2.75) is 37.6 Å². The molecule has 2 N–H and O–H groups in total. The summed E-state index contributed by atoms with van der Waals surface area (Å²) >= 11 is 0. The molecule has 2 atom stereocenters. The number of carbonyl (C=O) groups excluding carboxylic acids is 1. The number of rotatable bonds is 11. The molecule has 0 aromatic heterocycles. The minimum absolute atomic E-state index is 0.0825. The molecule has 5 heteroatoms. The lowest BCUT2D eigenvalue weighted by Gasteiger charge is -2.28. The number of carbonyl (C=O) groups is 1. The monoisotopic (exact) mass is 519 g/mol. The number of likely N-dealkylation sites (N-methyl/N-ethyl adjacent to an activating group) is 1. The Labute approximate surface area is 231 Å². The van der Waals surface area contributed by atoms with Crippen LogP contribution in [-0.4, -0.2) is 43.0 Å². The van der Waals surface area contributed by atoms with Gasteiger partial charge in [0.25, 0.3) is 0 Å². The summed E-state index contributed by atoms with van der Waals surface area (Å²) in [5.41, 5.74) is 4.89. The van der Waals surface area contributed by atoms with Crippen LogP contribution in [0.5, 0.6) is 5.75 Å². The van der Waals surface area contributed by atoms with Crippen LogP contribution < -0.4 is 15.4 Å². The molecule has 1 saturated heterocycles. The van der Waals surface area contributed by atoms with Crippen LogP contribution in [0, 0.1) is 0 Å². The van der Waals surface area contributed by atoms with Crippen LogP contribution in [0.25, 0.3) is 0 Å². The number of ether oxygens (including phenoxy) is 1. The molecule has 5 rings (SSSR count). The Morgan fingerprint density at radius 2 is 1.41 bits per heavy atom. The molecule has 0 bridgehead atoms. The van der Waals surface area contributed by atoms with E-state index in [-0.39, 0.29) is 23.9 Å². The Morgan fingerprint density at radius 3 is 2.00 bits per heavy atom. The summed E-state index contributed by atoms with van der Waals surface area (Å²) < 4.78 is 5.93. The number of likely N-dealkylation sites (tertiary alicyclic amines) is 1.